The molecule has 0 bridgehead atoms. The van der Waals surface area contributed by atoms with E-state index in [1.807, 2.05) is 28.8 Å². The smallest absolute Gasteiger partial charge is 0.195 e. The predicted molar refractivity (Wildman–Crippen MR) is 102 cm³/mol. The summed E-state index contributed by atoms with van der Waals surface area (Å²) < 4.78 is 12.7. The van der Waals surface area contributed by atoms with Gasteiger partial charge in [0.1, 0.15) is 24.4 Å². The number of thioether (sulfide) groups is 1. The Labute approximate surface area is 160 Å². The number of hydrogen-bond donors (Lipinski definition) is 1. The molecule has 0 amide bonds. The fourth-order valence-electron chi connectivity index (χ4n) is 2.20. The van der Waals surface area contributed by atoms with Crippen molar-refractivity contribution in [2.45, 2.75) is 11.3 Å². The van der Waals surface area contributed by atoms with Gasteiger partial charge < -0.3 is 14.6 Å². The number of aliphatic hydroxyl groups is 1. The topological polar surface area (TPSA) is 69.4 Å². The molecule has 0 spiro atoms. The number of aromatic nitrogens is 3. The van der Waals surface area contributed by atoms with Gasteiger partial charge in [-0.25, -0.2) is 0 Å². The number of benzene rings is 2. The summed E-state index contributed by atoms with van der Waals surface area (Å²) in [6.07, 6.45) is 0.986. The number of ether oxygens (including phenoxy) is 2. The largest absolute Gasteiger partial charge is 0.497 e. The molecule has 1 N–H and O–H groups in total. The Hall–Kier alpha value is -2.22. The molecule has 0 radical (unpaired) electrons. The summed E-state index contributed by atoms with van der Waals surface area (Å²) in [4.78, 5) is 0. The molecule has 2 aromatic carbocycles. The molecule has 0 aliphatic heterocycles. The van der Waals surface area contributed by atoms with Crippen LogP contribution in [0.5, 0.6) is 11.5 Å². The predicted octanol–water partition coefficient (Wildman–Crippen LogP) is 3.46. The zero-order valence-corrected chi connectivity index (χ0v) is 15.7. The van der Waals surface area contributed by atoms with Gasteiger partial charge in [0.2, 0.25) is 0 Å². The van der Waals surface area contributed by atoms with Gasteiger partial charge in [0, 0.05) is 16.8 Å². The van der Waals surface area contributed by atoms with E-state index in [4.69, 9.17) is 21.1 Å². The van der Waals surface area contributed by atoms with E-state index in [-0.39, 0.29) is 6.61 Å². The number of halogens is 1. The van der Waals surface area contributed by atoms with Gasteiger partial charge in [-0.3, -0.25) is 4.57 Å². The van der Waals surface area contributed by atoms with Crippen LogP contribution < -0.4 is 9.47 Å². The van der Waals surface area contributed by atoms with Gasteiger partial charge in [-0.1, -0.05) is 29.4 Å². The van der Waals surface area contributed by atoms with Gasteiger partial charge in [0.05, 0.1) is 18.9 Å². The van der Waals surface area contributed by atoms with Crippen LogP contribution in [0, 0.1) is 0 Å². The zero-order valence-electron chi connectivity index (χ0n) is 14.1. The minimum atomic E-state index is -0.647. The average Bonchev–Trinajstić information content (AvgIpc) is 3.14. The monoisotopic (exact) mass is 391 g/mol. The fraction of sp³-hybridized carbons (Fsp3) is 0.222. The quantitative estimate of drug-likeness (QED) is 0.593. The maximum absolute atomic E-state index is 10.2. The van der Waals surface area contributed by atoms with Crippen LogP contribution in [0.25, 0.3) is 5.69 Å². The second-order valence-corrected chi connectivity index (χ2v) is 6.84. The molecule has 0 aliphatic carbocycles. The van der Waals surface area contributed by atoms with Crippen molar-refractivity contribution in [1.82, 2.24) is 14.8 Å². The molecule has 1 aromatic heterocycles. The first kappa shape index (κ1) is 18.6. The molecular formula is C18H18ClN3O3S. The number of rotatable bonds is 8. The van der Waals surface area contributed by atoms with Crippen molar-refractivity contribution in [3.8, 4) is 17.2 Å². The molecule has 6 nitrogen and oxygen atoms in total. The highest BCUT2D eigenvalue weighted by molar-refractivity contribution is 7.99. The van der Waals surface area contributed by atoms with Crippen LogP contribution in [0.3, 0.4) is 0 Å². The molecule has 0 unspecified atom stereocenters. The number of methoxy groups -OCH3 is 1. The first-order valence-corrected chi connectivity index (χ1v) is 9.26. The average molecular weight is 392 g/mol. The molecule has 26 heavy (non-hydrogen) atoms. The van der Waals surface area contributed by atoms with E-state index in [0.717, 1.165) is 11.4 Å². The van der Waals surface area contributed by atoms with Gasteiger partial charge in [-0.2, -0.15) is 0 Å². The van der Waals surface area contributed by atoms with Crippen molar-refractivity contribution >= 4 is 23.4 Å². The summed E-state index contributed by atoms with van der Waals surface area (Å²) in [6.45, 7) is 0.182. The second kappa shape index (κ2) is 8.93. The van der Waals surface area contributed by atoms with Crippen LogP contribution >= 0.6 is 23.4 Å². The van der Waals surface area contributed by atoms with E-state index in [9.17, 15) is 5.11 Å². The fourth-order valence-corrected chi connectivity index (χ4v) is 3.16. The van der Waals surface area contributed by atoms with Crippen LogP contribution in [-0.4, -0.2) is 45.4 Å². The molecule has 0 saturated heterocycles. The highest BCUT2D eigenvalue weighted by Crippen LogP contribution is 2.23. The molecule has 0 saturated carbocycles. The Balaban J connectivity index is 1.56. The highest BCUT2D eigenvalue weighted by Gasteiger charge is 2.12. The van der Waals surface area contributed by atoms with E-state index in [1.54, 1.807) is 37.7 Å². The molecular weight excluding hydrogens is 374 g/mol. The lowest BCUT2D eigenvalue weighted by Gasteiger charge is -2.12. The lowest BCUT2D eigenvalue weighted by molar-refractivity contribution is 0.126. The minimum absolute atomic E-state index is 0.182. The Kier molecular flexibility index (Phi) is 6.38. The molecule has 1 atom stereocenters. The minimum Gasteiger partial charge on any atom is -0.497 e. The first-order valence-electron chi connectivity index (χ1n) is 7.89. The highest BCUT2D eigenvalue weighted by atomic mass is 35.5. The maximum Gasteiger partial charge on any atom is 0.195 e. The standard InChI is InChI=1S/C18H18ClN3O3S/c1-24-17-4-2-3-14(9-17)22-12-20-21-18(22)26-11-15(23)10-25-16-7-5-13(19)6-8-16/h2-9,12,15,23H,10-11H2,1H3/t15-/m1/s1. The summed E-state index contributed by atoms with van der Waals surface area (Å²) in [7, 11) is 1.62. The maximum atomic E-state index is 10.2. The second-order valence-electron chi connectivity index (χ2n) is 5.41. The van der Waals surface area contributed by atoms with Crippen molar-refractivity contribution in [2.75, 3.05) is 19.5 Å². The molecule has 3 aromatic rings. The van der Waals surface area contributed by atoms with Crippen LogP contribution in [-0.2, 0) is 0 Å². The van der Waals surface area contributed by atoms with Gasteiger partial charge in [-0.05, 0) is 36.4 Å². The number of hydrogen-bond acceptors (Lipinski definition) is 6. The summed E-state index contributed by atoms with van der Waals surface area (Å²) >= 11 is 7.24. The molecule has 1 heterocycles. The van der Waals surface area contributed by atoms with Gasteiger partial charge >= 0.3 is 0 Å². The molecule has 3 rings (SSSR count). The normalized spacial score (nSPS) is 12.0. The van der Waals surface area contributed by atoms with Gasteiger partial charge in [0.15, 0.2) is 5.16 Å². The third kappa shape index (κ3) is 4.91. The van der Waals surface area contributed by atoms with Crippen LogP contribution in [0.15, 0.2) is 60.0 Å². The Morgan fingerprint density at radius 3 is 2.77 bits per heavy atom. The van der Waals surface area contributed by atoms with E-state index >= 15 is 0 Å². The Morgan fingerprint density at radius 2 is 2.00 bits per heavy atom. The van der Waals surface area contributed by atoms with Gasteiger partial charge in [0.25, 0.3) is 0 Å². The summed E-state index contributed by atoms with van der Waals surface area (Å²) in [5.74, 6) is 1.84. The van der Waals surface area contributed by atoms with Crippen LogP contribution in [0.2, 0.25) is 5.02 Å². The lowest BCUT2D eigenvalue weighted by atomic mass is 10.3. The number of aliphatic hydroxyl groups excluding tert-OH is 1. The van der Waals surface area contributed by atoms with Crippen LogP contribution in [0.1, 0.15) is 0 Å². The summed E-state index contributed by atoms with van der Waals surface area (Å²) in [5.41, 5.74) is 0.892. The third-order valence-corrected chi connectivity index (χ3v) is 4.85. The number of nitrogens with zero attached hydrogens (tertiary/aromatic N) is 3. The Bertz CT molecular complexity index is 842. The zero-order chi connectivity index (χ0) is 18.4. The van der Waals surface area contributed by atoms with Gasteiger partial charge in [-0.15, -0.1) is 10.2 Å². The van der Waals surface area contributed by atoms with E-state index in [0.29, 0.717) is 21.7 Å². The SMILES string of the molecule is COc1cccc(-n2cnnc2SC[C@H](O)COc2ccc(Cl)cc2)c1. The van der Waals surface area contributed by atoms with E-state index in [2.05, 4.69) is 10.2 Å². The van der Waals surface area contributed by atoms with Crippen LogP contribution in [0.4, 0.5) is 0 Å². The van der Waals surface area contributed by atoms with E-state index < -0.39 is 6.10 Å². The molecule has 8 heteroatoms. The van der Waals surface area contributed by atoms with E-state index in [1.165, 1.54) is 11.8 Å². The molecule has 136 valence electrons. The molecule has 0 fully saturated rings. The van der Waals surface area contributed by atoms with Crippen molar-refractivity contribution in [2.24, 2.45) is 0 Å². The third-order valence-electron chi connectivity index (χ3n) is 3.51. The van der Waals surface area contributed by atoms with Crippen molar-refractivity contribution in [3.63, 3.8) is 0 Å². The first-order chi connectivity index (χ1) is 12.7. The Morgan fingerprint density at radius 1 is 1.19 bits per heavy atom. The van der Waals surface area contributed by atoms with Crippen molar-refractivity contribution in [3.05, 3.63) is 59.9 Å². The van der Waals surface area contributed by atoms with Crippen molar-refractivity contribution in [1.29, 1.82) is 0 Å². The molecule has 0 aliphatic rings. The summed E-state index contributed by atoms with van der Waals surface area (Å²) in [5, 5.41) is 19.6. The lowest BCUT2D eigenvalue weighted by Crippen LogP contribution is -2.20. The summed E-state index contributed by atoms with van der Waals surface area (Å²) in [6, 6.07) is 14.6. The van der Waals surface area contributed by atoms with Crippen molar-refractivity contribution < 1.29 is 14.6 Å².